The van der Waals surface area contributed by atoms with Crippen LogP contribution in [0.5, 0.6) is 0 Å². The van der Waals surface area contributed by atoms with Gasteiger partial charge in [0.25, 0.3) is 0 Å². The average molecular weight is 294 g/mol. The first-order chi connectivity index (χ1) is 9.92. The van der Waals surface area contributed by atoms with Gasteiger partial charge in [0.1, 0.15) is 5.76 Å². The summed E-state index contributed by atoms with van der Waals surface area (Å²) in [4.78, 5) is 25.5. The number of furan rings is 1. The first kappa shape index (κ1) is 15.6. The molecule has 21 heavy (non-hydrogen) atoms. The van der Waals surface area contributed by atoms with Gasteiger partial charge in [0, 0.05) is 6.54 Å². The third-order valence-electron chi connectivity index (χ3n) is 4.19. The molecule has 2 rings (SSSR count). The number of carboxylic acid groups (broad SMARTS) is 1. The molecule has 1 saturated heterocycles. The number of hydrogen-bond donors (Lipinski definition) is 2. The molecular formula is C15H22N2O4. The highest BCUT2D eigenvalue weighted by Crippen LogP contribution is 2.30. The third kappa shape index (κ3) is 3.64. The van der Waals surface area contributed by atoms with Gasteiger partial charge in [-0.2, -0.15) is 0 Å². The van der Waals surface area contributed by atoms with Crippen molar-refractivity contribution in [2.75, 3.05) is 13.1 Å². The molecular weight excluding hydrogens is 272 g/mol. The lowest BCUT2D eigenvalue weighted by Crippen LogP contribution is -2.53. The Bertz CT molecular complexity index is 500. The molecule has 6 heteroatoms. The van der Waals surface area contributed by atoms with Crippen LogP contribution in [0.15, 0.2) is 22.8 Å². The zero-order valence-electron chi connectivity index (χ0n) is 12.5. The zero-order chi connectivity index (χ0) is 15.5. The predicted molar refractivity (Wildman–Crippen MR) is 76.6 cm³/mol. The van der Waals surface area contributed by atoms with Crippen LogP contribution in [0.4, 0.5) is 0 Å². The molecule has 2 N–H and O–H groups in total. The Hall–Kier alpha value is -1.82. The Morgan fingerprint density at radius 2 is 2.33 bits per heavy atom. The number of nitrogens with one attached hydrogen (secondary N) is 1. The first-order valence-corrected chi connectivity index (χ1v) is 7.20. The lowest BCUT2D eigenvalue weighted by atomic mass is 9.81. The van der Waals surface area contributed by atoms with Crippen LogP contribution in [-0.4, -0.2) is 41.0 Å². The van der Waals surface area contributed by atoms with E-state index in [0.29, 0.717) is 25.3 Å². The number of carbonyl (C=O) groups is 2. The lowest BCUT2D eigenvalue weighted by Gasteiger charge is -2.40. The molecule has 2 heterocycles. The highest BCUT2D eigenvalue weighted by Gasteiger charge is 2.40. The van der Waals surface area contributed by atoms with Crippen molar-refractivity contribution in [3.05, 3.63) is 24.2 Å². The Morgan fingerprint density at radius 3 is 2.95 bits per heavy atom. The molecule has 0 aromatic carbocycles. The van der Waals surface area contributed by atoms with Gasteiger partial charge in [-0.1, -0.05) is 0 Å². The number of carbonyl (C=O) groups excluding carboxylic acids is 1. The van der Waals surface area contributed by atoms with Crippen molar-refractivity contribution >= 4 is 11.9 Å². The third-order valence-corrected chi connectivity index (χ3v) is 4.19. The summed E-state index contributed by atoms with van der Waals surface area (Å²) in [5.74, 6) is -0.207. The summed E-state index contributed by atoms with van der Waals surface area (Å²) in [7, 11) is 0. The normalized spacial score (nSPS) is 24.5. The van der Waals surface area contributed by atoms with Gasteiger partial charge in [-0.3, -0.25) is 14.5 Å². The maximum atomic E-state index is 12.2. The largest absolute Gasteiger partial charge is 0.481 e. The van der Waals surface area contributed by atoms with E-state index in [9.17, 15) is 14.7 Å². The van der Waals surface area contributed by atoms with Crippen LogP contribution < -0.4 is 5.32 Å². The van der Waals surface area contributed by atoms with Gasteiger partial charge in [0.15, 0.2) is 0 Å². The smallest absolute Gasteiger partial charge is 0.310 e. The highest BCUT2D eigenvalue weighted by molar-refractivity contribution is 5.81. The van der Waals surface area contributed by atoms with Gasteiger partial charge in [0.05, 0.1) is 24.3 Å². The molecule has 0 spiro atoms. The van der Waals surface area contributed by atoms with Crippen LogP contribution >= 0.6 is 0 Å². The predicted octanol–water partition coefficient (Wildman–Crippen LogP) is 1.47. The van der Waals surface area contributed by atoms with E-state index in [2.05, 4.69) is 5.32 Å². The van der Waals surface area contributed by atoms with Crippen LogP contribution in [0.25, 0.3) is 0 Å². The topological polar surface area (TPSA) is 82.8 Å². The fourth-order valence-electron chi connectivity index (χ4n) is 2.68. The van der Waals surface area contributed by atoms with Crippen LogP contribution in [0, 0.1) is 5.41 Å². The molecule has 0 radical (unpaired) electrons. The van der Waals surface area contributed by atoms with E-state index in [1.54, 1.807) is 25.3 Å². The van der Waals surface area contributed by atoms with E-state index in [1.165, 1.54) is 0 Å². The minimum atomic E-state index is -0.796. The van der Waals surface area contributed by atoms with Crippen LogP contribution in [-0.2, 0) is 16.1 Å². The van der Waals surface area contributed by atoms with Crippen LogP contribution in [0.2, 0.25) is 0 Å². The number of aliphatic carboxylic acids is 1. The van der Waals surface area contributed by atoms with Gasteiger partial charge in [-0.05, 0) is 45.4 Å². The average Bonchev–Trinajstić information content (AvgIpc) is 2.97. The quantitative estimate of drug-likeness (QED) is 0.859. The Kier molecular flexibility index (Phi) is 4.67. The number of carboxylic acids is 1. The van der Waals surface area contributed by atoms with E-state index in [-0.39, 0.29) is 11.9 Å². The lowest BCUT2D eigenvalue weighted by molar-refractivity contribution is -0.152. The van der Waals surface area contributed by atoms with Crippen molar-refractivity contribution < 1.29 is 19.1 Å². The number of likely N-dealkylation sites (tertiary alicyclic amines) is 1. The van der Waals surface area contributed by atoms with Crippen molar-refractivity contribution in [2.24, 2.45) is 5.41 Å². The van der Waals surface area contributed by atoms with Crippen molar-refractivity contribution in [3.8, 4) is 0 Å². The molecule has 6 nitrogen and oxygen atoms in total. The minimum absolute atomic E-state index is 0.110. The molecule has 0 bridgehead atoms. The van der Waals surface area contributed by atoms with E-state index < -0.39 is 11.4 Å². The Balaban J connectivity index is 1.91. The SMILES string of the molecule is CC(C(=O)NCc1ccco1)N1CCCC(C)(C(=O)O)C1. The van der Waals surface area contributed by atoms with E-state index >= 15 is 0 Å². The summed E-state index contributed by atoms with van der Waals surface area (Å²) in [6, 6.07) is 3.22. The molecule has 1 aromatic heterocycles. The summed E-state index contributed by atoms with van der Waals surface area (Å²) in [5.41, 5.74) is -0.770. The minimum Gasteiger partial charge on any atom is -0.481 e. The van der Waals surface area contributed by atoms with E-state index in [4.69, 9.17) is 4.42 Å². The van der Waals surface area contributed by atoms with Crippen molar-refractivity contribution in [3.63, 3.8) is 0 Å². The molecule has 2 unspecified atom stereocenters. The standard InChI is InChI=1S/C15H22N2O4/c1-11(13(18)16-9-12-5-3-8-21-12)17-7-4-6-15(2,10-17)14(19)20/h3,5,8,11H,4,6-7,9-10H2,1-2H3,(H,16,18)(H,19,20). The monoisotopic (exact) mass is 294 g/mol. The number of piperidine rings is 1. The van der Waals surface area contributed by atoms with E-state index in [1.807, 2.05) is 11.8 Å². The fourth-order valence-corrected chi connectivity index (χ4v) is 2.68. The molecule has 1 aliphatic heterocycles. The van der Waals surface area contributed by atoms with Gasteiger partial charge >= 0.3 is 5.97 Å². The number of rotatable bonds is 5. The summed E-state index contributed by atoms with van der Waals surface area (Å²) >= 11 is 0. The second-order valence-electron chi connectivity index (χ2n) is 5.91. The molecule has 0 saturated carbocycles. The summed E-state index contributed by atoms with van der Waals surface area (Å²) in [5, 5.41) is 12.1. The number of amides is 1. The maximum absolute atomic E-state index is 12.2. The van der Waals surface area contributed by atoms with Gasteiger partial charge < -0.3 is 14.8 Å². The van der Waals surface area contributed by atoms with Crippen LogP contribution in [0.3, 0.4) is 0 Å². The summed E-state index contributed by atoms with van der Waals surface area (Å²) in [6.45, 7) is 5.05. The molecule has 1 aliphatic rings. The second-order valence-corrected chi connectivity index (χ2v) is 5.91. The van der Waals surface area contributed by atoms with Crippen molar-refractivity contribution in [2.45, 2.75) is 39.3 Å². The van der Waals surface area contributed by atoms with Crippen molar-refractivity contribution in [1.29, 1.82) is 0 Å². The second kappa shape index (κ2) is 6.30. The first-order valence-electron chi connectivity index (χ1n) is 7.20. The highest BCUT2D eigenvalue weighted by atomic mass is 16.4. The molecule has 1 aromatic rings. The van der Waals surface area contributed by atoms with Crippen LogP contribution in [0.1, 0.15) is 32.4 Å². The molecule has 116 valence electrons. The maximum Gasteiger partial charge on any atom is 0.310 e. The zero-order valence-corrected chi connectivity index (χ0v) is 12.5. The van der Waals surface area contributed by atoms with Crippen molar-refractivity contribution in [1.82, 2.24) is 10.2 Å². The van der Waals surface area contributed by atoms with Gasteiger partial charge in [0.2, 0.25) is 5.91 Å². The Labute approximate surface area is 124 Å². The summed E-state index contributed by atoms with van der Waals surface area (Å²) in [6.07, 6.45) is 3.01. The number of hydrogen-bond acceptors (Lipinski definition) is 4. The molecule has 1 fully saturated rings. The summed E-state index contributed by atoms with van der Waals surface area (Å²) < 4.78 is 5.17. The van der Waals surface area contributed by atoms with Gasteiger partial charge in [-0.15, -0.1) is 0 Å². The van der Waals surface area contributed by atoms with E-state index in [0.717, 1.165) is 13.0 Å². The molecule has 2 atom stereocenters. The van der Waals surface area contributed by atoms with Gasteiger partial charge in [-0.25, -0.2) is 0 Å². The fraction of sp³-hybridized carbons (Fsp3) is 0.600. The molecule has 0 aliphatic carbocycles. The molecule has 1 amide bonds. The Morgan fingerprint density at radius 1 is 1.57 bits per heavy atom. The number of nitrogens with zero attached hydrogens (tertiary/aromatic N) is 1.